The van der Waals surface area contributed by atoms with Crippen LogP contribution in [0.5, 0.6) is 5.95 Å². The first-order chi connectivity index (χ1) is 5.92. The second-order valence-corrected chi connectivity index (χ2v) is 2.21. The highest BCUT2D eigenvalue weighted by Crippen LogP contribution is 2.28. The number of allylic oxidation sites excluding steroid dienone is 2. The van der Waals surface area contributed by atoms with Crippen molar-refractivity contribution < 1.29 is 14.0 Å². The summed E-state index contributed by atoms with van der Waals surface area (Å²) in [6, 6.07) is 0. The maximum atomic E-state index is 5.09. The van der Waals surface area contributed by atoms with Crippen molar-refractivity contribution in [1.29, 1.82) is 0 Å². The molecule has 2 rings (SSSR count). The van der Waals surface area contributed by atoms with Crippen LogP contribution < -0.4 is 4.74 Å². The topological polar surface area (TPSA) is 44.5 Å². The van der Waals surface area contributed by atoms with Crippen molar-refractivity contribution in [3.8, 4) is 5.95 Å². The Bertz CT molecular complexity index is 338. The number of hydrogen-bond acceptors (Lipinski definition) is 4. The number of fused-ring (bicyclic) bond motifs is 1. The van der Waals surface area contributed by atoms with E-state index in [9.17, 15) is 0 Å². The standard InChI is InChI=1S/C8H7NO3/c1-10-7-3-2-4-11-8-6(7)5-9-12-8/h2-5H,1H3. The first kappa shape index (κ1) is 6.97. The van der Waals surface area contributed by atoms with Crippen molar-refractivity contribution in [2.24, 2.45) is 0 Å². The molecule has 0 aromatic carbocycles. The summed E-state index contributed by atoms with van der Waals surface area (Å²) in [5.41, 5.74) is 0.725. The quantitative estimate of drug-likeness (QED) is 0.633. The Kier molecular flexibility index (Phi) is 1.59. The SMILES string of the molecule is COC1=CC=COc2oncc21. The van der Waals surface area contributed by atoms with Crippen molar-refractivity contribution in [2.45, 2.75) is 0 Å². The van der Waals surface area contributed by atoms with Gasteiger partial charge in [-0.1, -0.05) is 5.16 Å². The fraction of sp³-hybridized carbons (Fsp3) is 0.125. The van der Waals surface area contributed by atoms with Crippen molar-refractivity contribution in [1.82, 2.24) is 5.16 Å². The Morgan fingerprint density at radius 3 is 3.25 bits per heavy atom. The van der Waals surface area contributed by atoms with E-state index in [1.807, 2.05) is 0 Å². The van der Waals surface area contributed by atoms with Gasteiger partial charge in [0.25, 0.3) is 0 Å². The number of nitrogens with zero attached hydrogens (tertiary/aromatic N) is 1. The summed E-state index contributed by atoms with van der Waals surface area (Å²) in [4.78, 5) is 0. The fourth-order valence-corrected chi connectivity index (χ4v) is 0.974. The van der Waals surface area contributed by atoms with Crippen molar-refractivity contribution >= 4 is 5.76 Å². The Morgan fingerprint density at radius 1 is 1.50 bits per heavy atom. The normalized spacial score (nSPS) is 14.2. The number of rotatable bonds is 1. The highest BCUT2D eigenvalue weighted by atomic mass is 16.6. The van der Waals surface area contributed by atoms with Crippen molar-refractivity contribution in [3.63, 3.8) is 0 Å². The van der Waals surface area contributed by atoms with Gasteiger partial charge in [-0.25, -0.2) is 0 Å². The average Bonchev–Trinajstić information content (AvgIpc) is 2.46. The summed E-state index contributed by atoms with van der Waals surface area (Å²) in [6.07, 6.45) is 6.57. The largest absolute Gasteiger partial charge is 0.496 e. The molecule has 2 heterocycles. The van der Waals surface area contributed by atoms with Crippen LogP contribution in [-0.4, -0.2) is 12.3 Å². The van der Waals surface area contributed by atoms with Gasteiger partial charge in [0.2, 0.25) is 0 Å². The first-order valence-electron chi connectivity index (χ1n) is 3.44. The molecular formula is C8H7NO3. The lowest BCUT2D eigenvalue weighted by molar-refractivity contribution is 0.286. The molecule has 12 heavy (non-hydrogen) atoms. The molecule has 0 unspecified atom stereocenters. The van der Waals surface area contributed by atoms with Gasteiger partial charge in [-0.05, 0) is 12.2 Å². The molecule has 0 aliphatic carbocycles. The van der Waals surface area contributed by atoms with Gasteiger partial charge in [-0.15, -0.1) is 0 Å². The molecule has 62 valence electrons. The monoisotopic (exact) mass is 165 g/mol. The summed E-state index contributed by atoms with van der Waals surface area (Å²) in [7, 11) is 1.59. The minimum atomic E-state index is 0.358. The number of methoxy groups -OCH3 is 1. The lowest BCUT2D eigenvalue weighted by Gasteiger charge is -2.00. The van der Waals surface area contributed by atoms with Crippen LogP contribution >= 0.6 is 0 Å². The Labute approximate surface area is 69.1 Å². The molecule has 1 aromatic heterocycles. The molecule has 1 aromatic rings. The van der Waals surface area contributed by atoms with E-state index in [2.05, 4.69) is 5.16 Å². The maximum Gasteiger partial charge on any atom is 0.327 e. The van der Waals surface area contributed by atoms with Gasteiger partial charge < -0.3 is 14.0 Å². The van der Waals surface area contributed by atoms with Crippen LogP contribution in [0.1, 0.15) is 5.56 Å². The maximum absolute atomic E-state index is 5.09. The van der Waals surface area contributed by atoms with Crippen LogP contribution in [0.2, 0.25) is 0 Å². The molecule has 0 N–H and O–H groups in total. The number of ether oxygens (including phenoxy) is 2. The average molecular weight is 165 g/mol. The first-order valence-corrected chi connectivity index (χ1v) is 3.44. The Balaban J connectivity index is 2.49. The summed E-state index contributed by atoms with van der Waals surface area (Å²) < 4.78 is 15.0. The van der Waals surface area contributed by atoms with E-state index < -0.39 is 0 Å². The zero-order valence-electron chi connectivity index (χ0n) is 6.48. The molecule has 0 amide bonds. The third kappa shape index (κ3) is 0.972. The lowest BCUT2D eigenvalue weighted by atomic mass is 10.3. The van der Waals surface area contributed by atoms with Gasteiger partial charge in [0.1, 0.15) is 11.3 Å². The van der Waals surface area contributed by atoms with Crippen LogP contribution in [-0.2, 0) is 4.74 Å². The van der Waals surface area contributed by atoms with Crippen LogP contribution in [0.3, 0.4) is 0 Å². The van der Waals surface area contributed by atoms with E-state index in [4.69, 9.17) is 14.0 Å². The molecule has 0 fully saturated rings. The Hall–Kier alpha value is -1.71. The van der Waals surface area contributed by atoms with E-state index in [1.165, 1.54) is 6.26 Å². The minimum Gasteiger partial charge on any atom is -0.496 e. The lowest BCUT2D eigenvalue weighted by Crippen LogP contribution is -1.85. The van der Waals surface area contributed by atoms with Crippen LogP contribution in [0.15, 0.2) is 29.1 Å². The highest BCUT2D eigenvalue weighted by molar-refractivity contribution is 5.64. The molecule has 4 nitrogen and oxygen atoms in total. The van der Waals surface area contributed by atoms with E-state index in [1.54, 1.807) is 25.5 Å². The van der Waals surface area contributed by atoms with E-state index in [-0.39, 0.29) is 0 Å². The van der Waals surface area contributed by atoms with Gasteiger partial charge >= 0.3 is 5.95 Å². The summed E-state index contributed by atoms with van der Waals surface area (Å²) in [5, 5.41) is 3.59. The molecule has 1 aliphatic heterocycles. The molecule has 1 aliphatic rings. The number of hydrogen-bond donors (Lipinski definition) is 0. The van der Waals surface area contributed by atoms with Gasteiger partial charge in [0.05, 0.1) is 19.6 Å². The van der Waals surface area contributed by atoms with Crippen molar-refractivity contribution in [3.05, 3.63) is 30.2 Å². The van der Waals surface area contributed by atoms with Gasteiger partial charge in [0.15, 0.2) is 0 Å². The molecule has 0 bridgehead atoms. The molecule has 0 radical (unpaired) electrons. The zero-order valence-corrected chi connectivity index (χ0v) is 6.48. The summed E-state index contributed by atoms with van der Waals surface area (Å²) in [6.45, 7) is 0. The van der Waals surface area contributed by atoms with Crippen molar-refractivity contribution in [2.75, 3.05) is 7.11 Å². The summed E-state index contributed by atoms with van der Waals surface area (Å²) in [5.74, 6) is 1.04. The van der Waals surface area contributed by atoms with Crippen LogP contribution in [0.4, 0.5) is 0 Å². The molecular weight excluding hydrogens is 158 g/mol. The molecule has 0 spiro atoms. The number of aromatic nitrogens is 1. The summed E-state index contributed by atoms with van der Waals surface area (Å²) >= 11 is 0. The Morgan fingerprint density at radius 2 is 2.42 bits per heavy atom. The predicted octanol–water partition coefficient (Wildman–Crippen LogP) is 1.57. The second-order valence-electron chi connectivity index (χ2n) is 2.21. The van der Waals surface area contributed by atoms with Crippen LogP contribution in [0, 0.1) is 0 Å². The van der Waals surface area contributed by atoms with E-state index in [0.717, 1.165) is 5.56 Å². The fourth-order valence-electron chi connectivity index (χ4n) is 0.974. The second kappa shape index (κ2) is 2.73. The molecule has 0 saturated heterocycles. The highest BCUT2D eigenvalue weighted by Gasteiger charge is 2.15. The van der Waals surface area contributed by atoms with Gasteiger partial charge in [-0.2, -0.15) is 0 Å². The minimum absolute atomic E-state index is 0.358. The smallest absolute Gasteiger partial charge is 0.327 e. The van der Waals surface area contributed by atoms with Gasteiger partial charge in [-0.3, -0.25) is 0 Å². The molecule has 4 heteroatoms. The van der Waals surface area contributed by atoms with Gasteiger partial charge in [0, 0.05) is 0 Å². The molecule has 0 saturated carbocycles. The van der Waals surface area contributed by atoms with E-state index >= 15 is 0 Å². The third-order valence-corrected chi connectivity index (χ3v) is 1.52. The third-order valence-electron chi connectivity index (χ3n) is 1.52. The predicted molar refractivity (Wildman–Crippen MR) is 41.3 cm³/mol. The molecule has 0 atom stereocenters. The zero-order chi connectivity index (χ0) is 8.39. The van der Waals surface area contributed by atoms with Crippen LogP contribution in [0.25, 0.3) is 5.76 Å². The van der Waals surface area contributed by atoms with E-state index in [0.29, 0.717) is 11.7 Å².